The average Bonchev–Trinajstić information content (AvgIpc) is 2.77. The van der Waals surface area contributed by atoms with Gasteiger partial charge in [0.1, 0.15) is 0 Å². The molecule has 33 heavy (non-hydrogen) atoms. The van der Waals surface area contributed by atoms with Crippen molar-refractivity contribution in [3.05, 3.63) is 4.91 Å². The fourth-order valence-corrected chi connectivity index (χ4v) is 11.3. The van der Waals surface area contributed by atoms with E-state index in [0.29, 0.717) is 40.6 Å². The highest BCUT2D eigenvalue weighted by atomic mass is 16.3. The van der Waals surface area contributed by atoms with Crippen LogP contribution in [0.25, 0.3) is 0 Å². The standard InChI is InChI=1S/C30H53NO2/c1-9-20(10-2)25-21-11-12-23-28(6)15-14-24(31-33)26(3,4)22(28)13-16-30(23,8)29(21,7)18-17-27(25,5)19-32/h20-25,32H,9-19H2,1-8H3/t21?,22?,23?,24?,25?,27?,28?,29-,30?/m1/s1. The maximum atomic E-state index is 11.7. The Kier molecular flexibility index (Phi) is 6.46. The number of rotatable bonds is 5. The Morgan fingerprint density at radius 2 is 1.48 bits per heavy atom. The summed E-state index contributed by atoms with van der Waals surface area (Å²) < 4.78 is 0. The lowest BCUT2D eigenvalue weighted by Crippen LogP contribution is -2.67. The van der Waals surface area contributed by atoms with Gasteiger partial charge in [0.15, 0.2) is 0 Å². The van der Waals surface area contributed by atoms with E-state index in [9.17, 15) is 10.0 Å². The smallest absolute Gasteiger partial charge is 0.0973 e. The van der Waals surface area contributed by atoms with Crippen LogP contribution in [0.3, 0.4) is 0 Å². The lowest BCUT2D eigenvalue weighted by atomic mass is 9.32. The topological polar surface area (TPSA) is 49.7 Å². The van der Waals surface area contributed by atoms with Gasteiger partial charge in [0.2, 0.25) is 0 Å². The number of aliphatic hydroxyl groups excluding tert-OH is 1. The first-order valence-corrected chi connectivity index (χ1v) is 14.3. The quantitative estimate of drug-likeness (QED) is 0.421. The molecule has 0 aromatic heterocycles. The maximum absolute atomic E-state index is 11.7. The summed E-state index contributed by atoms with van der Waals surface area (Å²) in [5, 5.41) is 14.2. The van der Waals surface area contributed by atoms with Gasteiger partial charge in [0.25, 0.3) is 0 Å². The van der Waals surface area contributed by atoms with Crippen LogP contribution in [-0.2, 0) is 0 Å². The first-order valence-electron chi connectivity index (χ1n) is 14.3. The van der Waals surface area contributed by atoms with Crippen LogP contribution in [0.2, 0.25) is 0 Å². The van der Waals surface area contributed by atoms with E-state index in [0.717, 1.165) is 18.3 Å². The van der Waals surface area contributed by atoms with E-state index in [2.05, 4.69) is 60.6 Å². The highest BCUT2D eigenvalue weighted by molar-refractivity contribution is 5.18. The van der Waals surface area contributed by atoms with Crippen LogP contribution in [0, 0.1) is 61.6 Å². The summed E-state index contributed by atoms with van der Waals surface area (Å²) in [5.41, 5.74) is 1.08. The molecule has 4 aliphatic carbocycles. The van der Waals surface area contributed by atoms with E-state index in [1.165, 1.54) is 57.8 Å². The molecule has 3 heteroatoms. The van der Waals surface area contributed by atoms with Gasteiger partial charge in [-0.05, 0) is 108 Å². The zero-order chi connectivity index (χ0) is 24.4. The molecule has 0 aliphatic heterocycles. The molecule has 9 atom stereocenters. The molecule has 0 aromatic rings. The molecule has 4 aliphatic rings. The van der Waals surface area contributed by atoms with Gasteiger partial charge in [0.05, 0.1) is 6.04 Å². The minimum atomic E-state index is -0.0222. The van der Waals surface area contributed by atoms with Gasteiger partial charge in [-0.1, -0.05) is 73.4 Å². The Balaban J connectivity index is 1.75. The van der Waals surface area contributed by atoms with E-state index in [-0.39, 0.29) is 16.9 Å². The number of nitroso groups, excluding NO2 is 1. The summed E-state index contributed by atoms with van der Waals surface area (Å²) in [5.74, 6) is 3.40. The van der Waals surface area contributed by atoms with Crippen molar-refractivity contribution in [3.63, 3.8) is 0 Å². The van der Waals surface area contributed by atoms with Gasteiger partial charge in [-0.15, -0.1) is 0 Å². The van der Waals surface area contributed by atoms with Crippen molar-refractivity contribution < 1.29 is 5.11 Å². The first kappa shape index (κ1) is 25.6. The third-order valence-electron chi connectivity index (χ3n) is 13.4. The largest absolute Gasteiger partial charge is 0.396 e. The van der Waals surface area contributed by atoms with Crippen molar-refractivity contribution in [2.24, 2.45) is 61.8 Å². The summed E-state index contributed by atoms with van der Waals surface area (Å²) in [6, 6.07) is -0.0222. The maximum Gasteiger partial charge on any atom is 0.0973 e. The lowest BCUT2D eigenvalue weighted by molar-refractivity contribution is -0.245. The summed E-state index contributed by atoms with van der Waals surface area (Å²) in [7, 11) is 0. The lowest BCUT2D eigenvalue weighted by Gasteiger charge is -2.73. The van der Waals surface area contributed by atoms with Crippen molar-refractivity contribution in [2.75, 3.05) is 6.61 Å². The Morgan fingerprint density at radius 3 is 2.06 bits per heavy atom. The monoisotopic (exact) mass is 459 g/mol. The van der Waals surface area contributed by atoms with Crippen LogP contribution < -0.4 is 0 Å². The van der Waals surface area contributed by atoms with Crippen LogP contribution in [0.5, 0.6) is 0 Å². The number of hydrogen-bond donors (Lipinski definition) is 1. The summed E-state index contributed by atoms with van der Waals surface area (Å²) in [4.78, 5) is 11.7. The third kappa shape index (κ3) is 3.29. The van der Waals surface area contributed by atoms with Gasteiger partial charge in [-0.25, -0.2) is 0 Å². The molecular formula is C30H53NO2. The van der Waals surface area contributed by atoms with Gasteiger partial charge in [-0.3, -0.25) is 0 Å². The minimum Gasteiger partial charge on any atom is -0.396 e. The number of hydrogen-bond acceptors (Lipinski definition) is 3. The number of fused-ring (bicyclic) bond motifs is 5. The minimum absolute atomic E-state index is 0.00785. The van der Waals surface area contributed by atoms with E-state index >= 15 is 0 Å². The molecule has 4 saturated carbocycles. The molecule has 8 unspecified atom stereocenters. The molecule has 0 radical (unpaired) electrons. The summed E-state index contributed by atoms with van der Waals surface area (Å²) in [6.45, 7) is 20.1. The molecule has 0 spiro atoms. The summed E-state index contributed by atoms with van der Waals surface area (Å²) in [6.07, 6.45) is 12.2. The van der Waals surface area contributed by atoms with Gasteiger partial charge in [0, 0.05) is 6.61 Å². The van der Waals surface area contributed by atoms with Crippen molar-refractivity contribution in [3.8, 4) is 0 Å². The van der Waals surface area contributed by atoms with Crippen molar-refractivity contribution in [1.82, 2.24) is 0 Å². The Morgan fingerprint density at radius 1 is 0.818 bits per heavy atom. The molecule has 1 N–H and O–H groups in total. The second-order valence-electron chi connectivity index (χ2n) is 14.6. The number of nitrogens with zero attached hydrogens (tertiary/aromatic N) is 1. The highest BCUT2D eigenvalue weighted by Crippen LogP contribution is 2.76. The van der Waals surface area contributed by atoms with Gasteiger partial charge >= 0.3 is 0 Å². The zero-order valence-electron chi connectivity index (χ0n) is 23.0. The average molecular weight is 460 g/mol. The predicted octanol–water partition coefficient (Wildman–Crippen LogP) is 8.24. The fourth-order valence-electron chi connectivity index (χ4n) is 11.3. The molecule has 190 valence electrons. The van der Waals surface area contributed by atoms with E-state index < -0.39 is 0 Å². The highest BCUT2D eigenvalue weighted by Gasteiger charge is 2.69. The van der Waals surface area contributed by atoms with E-state index in [1.807, 2.05) is 0 Å². The van der Waals surface area contributed by atoms with E-state index in [1.54, 1.807) is 0 Å². The molecule has 0 amide bonds. The van der Waals surface area contributed by atoms with E-state index in [4.69, 9.17) is 0 Å². The Hall–Kier alpha value is -0.440. The molecule has 0 heterocycles. The fraction of sp³-hybridized carbons (Fsp3) is 1.00. The normalized spacial score (nSPS) is 51.4. The summed E-state index contributed by atoms with van der Waals surface area (Å²) >= 11 is 0. The number of aliphatic hydroxyl groups is 1. The third-order valence-corrected chi connectivity index (χ3v) is 13.4. The molecular weight excluding hydrogens is 406 g/mol. The van der Waals surface area contributed by atoms with Crippen molar-refractivity contribution in [1.29, 1.82) is 0 Å². The van der Waals surface area contributed by atoms with Crippen LogP contribution in [0.4, 0.5) is 0 Å². The van der Waals surface area contributed by atoms with Crippen molar-refractivity contribution in [2.45, 2.75) is 126 Å². The second kappa shape index (κ2) is 8.31. The molecule has 3 nitrogen and oxygen atoms in total. The van der Waals surface area contributed by atoms with Gasteiger partial charge in [-0.2, -0.15) is 4.91 Å². The Bertz CT molecular complexity index is 746. The molecule has 4 fully saturated rings. The Labute approximate surface area is 204 Å². The molecule has 0 bridgehead atoms. The predicted molar refractivity (Wildman–Crippen MR) is 138 cm³/mol. The van der Waals surface area contributed by atoms with Crippen molar-refractivity contribution >= 4 is 0 Å². The molecule has 0 saturated heterocycles. The first-order chi connectivity index (χ1) is 15.4. The van der Waals surface area contributed by atoms with Crippen LogP contribution in [0.1, 0.15) is 120 Å². The van der Waals surface area contributed by atoms with Crippen LogP contribution >= 0.6 is 0 Å². The zero-order valence-corrected chi connectivity index (χ0v) is 23.0. The SMILES string of the molecule is CCC(CC)C1C2CCC3C4(C)CCC(N=O)C(C)(C)C4CCC3(C)[C@]2(C)CCC1(C)CO. The molecule has 0 aromatic carbocycles. The van der Waals surface area contributed by atoms with Gasteiger partial charge < -0.3 is 5.11 Å². The second-order valence-corrected chi connectivity index (χ2v) is 14.6. The van der Waals surface area contributed by atoms with Crippen LogP contribution in [-0.4, -0.2) is 17.8 Å². The van der Waals surface area contributed by atoms with Crippen LogP contribution in [0.15, 0.2) is 5.18 Å². The molecule has 4 rings (SSSR count).